The summed E-state index contributed by atoms with van der Waals surface area (Å²) in [7, 11) is 0. The summed E-state index contributed by atoms with van der Waals surface area (Å²) in [6.45, 7) is 3.93. The van der Waals surface area contributed by atoms with Gasteiger partial charge in [0.05, 0.1) is 16.1 Å². The quantitative estimate of drug-likeness (QED) is 0.842. The van der Waals surface area contributed by atoms with Crippen molar-refractivity contribution in [1.82, 2.24) is 4.98 Å². The number of hydrogen-bond acceptors (Lipinski definition) is 4. The number of nitrogens with two attached hydrogens (primary N) is 1. The fourth-order valence-electron chi connectivity index (χ4n) is 2.48. The zero-order valence-corrected chi connectivity index (χ0v) is 12.9. The lowest BCUT2D eigenvalue weighted by Crippen LogP contribution is -2.47. The van der Waals surface area contributed by atoms with E-state index in [1.165, 1.54) is 11.3 Å². The van der Waals surface area contributed by atoms with Crippen LogP contribution in [0.5, 0.6) is 0 Å². The first-order chi connectivity index (χ1) is 8.95. The molecule has 2 rings (SSSR count). The third kappa shape index (κ3) is 2.79. The minimum Gasteiger partial charge on any atom is -0.392 e. The van der Waals surface area contributed by atoms with Crippen molar-refractivity contribution in [1.29, 1.82) is 0 Å². The van der Waals surface area contributed by atoms with Gasteiger partial charge >= 0.3 is 0 Å². The average molecular weight is 297 g/mol. The second-order valence-electron chi connectivity index (χ2n) is 5.12. The molecule has 1 fully saturated rings. The van der Waals surface area contributed by atoms with E-state index in [2.05, 4.69) is 10.3 Å². The molecule has 1 aromatic rings. The maximum Gasteiger partial charge on any atom is 0.239 e. The molecule has 6 heteroatoms. The number of anilines is 1. The summed E-state index contributed by atoms with van der Waals surface area (Å²) in [4.78, 5) is 18.3. The van der Waals surface area contributed by atoms with Gasteiger partial charge in [0, 0.05) is 4.88 Å². The van der Waals surface area contributed by atoms with E-state index in [0.29, 0.717) is 10.1 Å². The van der Waals surface area contributed by atoms with Crippen molar-refractivity contribution in [2.45, 2.75) is 46.0 Å². The van der Waals surface area contributed by atoms with E-state index < -0.39 is 5.41 Å². The van der Waals surface area contributed by atoms with Gasteiger partial charge in [-0.2, -0.15) is 0 Å². The van der Waals surface area contributed by atoms with Gasteiger partial charge in [-0.1, -0.05) is 31.5 Å². The van der Waals surface area contributed by atoms with E-state index in [9.17, 15) is 4.79 Å². The average Bonchev–Trinajstić information content (AvgIpc) is 2.68. The Kier molecular flexibility index (Phi) is 4.20. The highest BCUT2D eigenvalue weighted by atomic mass is 32.1. The number of nitrogens with zero attached hydrogens (tertiary/aromatic N) is 1. The number of amides is 1. The summed E-state index contributed by atoms with van der Waals surface area (Å²) in [6.07, 6.45) is 4.64. The summed E-state index contributed by atoms with van der Waals surface area (Å²) in [5.41, 5.74) is 6.12. The Labute approximate surface area is 122 Å². The van der Waals surface area contributed by atoms with Crippen molar-refractivity contribution in [3.05, 3.63) is 10.6 Å². The topological polar surface area (TPSA) is 68.0 Å². The van der Waals surface area contributed by atoms with Crippen molar-refractivity contribution in [3.8, 4) is 0 Å². The molecule has 4 nitrogen and oxygen atoms in total. The minimum absolute atomic E-state index is 0.0894. The molecule has 0 bridgehead atoms. The van der Waals surface area contributed by atoms with Crippen molar-refractivity contribution < 1.29 is 4.79 Å². The van der Waals surface area contributed by atoms with Gasteiger partial charge in [-0.05, 0) is 26.7 Å². The summed E-state index contributed by atoms with van der Waals surface area (Å²) < 4.78 is 0. The molecular weight excluding hydrogens is 278 g/mol. The van der Waals surface area contributed by atoms with Crippen molar-refractivity contribution in [2.75, 3.05) is 5.32 Å². The maximum absolute atomic E-state index is 12.5. The molecule has 0 aromatic carbocycles. The molecule has 19 heavy (non-hydrogen) atoms. The van der Waals surface area contributed by atoms with E-state index >= 15 is 0 Å². The van der Waals surface area contributed by atoms with E-state index in [-0.39, 0.29) is 5.91 Å². The molecule has 1 aliphatic carbocycles. The lowest BCUT2D eigenvalue weighted by molar-refractivity contribution is -0.123. The standard InChI is InChI=1S/C13H19N3OS2/c1-8-9(2)19-12(15-8)16-11(17)13(10(14)18)6-4-3-5-7-13/h3-7H2,1-2H3,(H2,14,18)(H,15,16,17). The first kappa shape index (κ1) is 14.4. The molecular formula is C13H19N3OS2. The number of hydrogen-bond donors (Lipinski definition) is 2. The van der Waals surface area contributed by atoms with E-state index in [1.54, 1.807) is 0 Å². The van der Waals surface area contributed by atoms with Crippen molar-refractivity contribution in [3.63, 3.8) is 0 Å². The van der Waals surface area contributed by atoms with E-state index in [4.69, 9.17) is 18.0 Å². The van der Waals surface area contributed by atoms with Gasteiger partial charge in [0.2, 0.25) is 5.91 Å². The molecule has 1 aliphatic rings. The molecule has 1 aromatic heterocycles. The summed E-state index contributed by atoms with van der Waals surface area (Å²) in [6, 6.07) is 0. The van der Waals surface area contributed by atoms with Gasteiger partial charge in [0.1, 0.15) is 0 Å². The number of nitrogens with one attached hydrogen (secondary N) is 1. The number of aryl methyl sites for hydroxylation is 2. The van der Waals surface area contributed by atoms with Crippen LogP contribution in [0.3, 0.4) is 0 Å². The van der Waals surface area contributed by atoms with Crippen LogP contribution in [0.4, 0.5) is 5.13 Å². The highest BCUT2D eigenvalue weighted by Gasteiger charge is 2.42. The largest absolute Gasteiger partial charge is 0.392 e. The van der Waals surface area contributed by atoms with Gasteiger partial charge in [-0.15, -0.1) is 11.3 Å². The predicted octanol–water partition coefficient (Wildman–Crippen LogP) is 2.94. The van der Waals surface area contributed by atoms with Crippen molar-refractivity contribution in [2.24, 2.45) is 11.1 Å². The number of carbonyl (C=O) groups excluding carboxylic acids is 1. The van der Waals surface area contributed by atoms with Crippen LogP contribution in [-0.4, -0.2) is 15.9 Å². The van der Waals surface area contributed by atoms with Crippen LogP contribution in [0, 0.1) is 19.3 Å². The lowest BCUT2D eigenvalue weighted by Gasteiger charge is -2.34. The molecule has 0 spiro atoms. The first-order valence-electron chi connectivity index (χ1n) is 6.51. The molecule has 3 N–H and O–H groups in total. The Hall–Kier alpha value is -1.01. The van der Waals surface area contributed by atoms with E-state index in [0.717, 1.165) is 42.7 Å². The number of rotatable bonds is 3. The van der Waals surface area contributed by atoms with Gasteiger partial charge in [0.25, 0.3) is 0 Å². The van der Waals surface area contributed by atoms with Crippen LogP contribution >= 0.6 is 23.6 Å². The Bertz CT molecular complexity index is 484. The molecule has 1 saturated carbocycles. The normalized spacial score (nSPS) is 18.0. The Balaban J connectivity index is 2.18. The van der Waals surface area contributed by atoms with E-state index in [1.807, 2.05) is 13.8 Å². The third-order valence-corrected chi connectivity index (χ3v) is 5.24. The second-order valence-corrected chi connectivity index (χ2v) is 6.76. The van der Waals surface area contributed by atoms with Crippen LogP contribution in [0.15, 0.2) is 0 Å². The number of thiazole rings is 1. The van der Waals surface area contributed by atoms with Gasteiger partial charge in [-0.25, -0.2) is 4.98 Å². The minimum atomic E-state index is -0.680. The number of carbonyl (C=O) groups is 1. The summed E-state index contributed by atoms with van der Waals surface area (Å²) in [5, 5.41) is 3.54. The zero-order chi connectivity index (χ0) is 14.0. The SMILES string of the molecule is Cc1nc(NC(=O)C2(C(N)=S)CCCCC2)sc1C. The highest BCUT2D eigenvalue weighted by molar-refractivity contribution is 7.80. The molecule has 0 unspecified atom stereocenters. The van der Waals surface area contributed by atoms with Crippen LogP contribution in [-0.2, 0) is 4.79 Å². The number of thiocarbonyl (C=S) groups is 1. The second kappa shape index (κ2) is 5.54. The first-order valence-corrected chi connectivity index (χ1v) is 7.73. The fourth-order valence-corrected chi connectivity index (χ4v) is 3.59. The van der Waals surface area contributed by atoms with Crippen LogP contribution < -0.4 is 11.1 Å². The smallest absolute Gasteiger partial charge is 0.239 e. The van der Waals surface area contributed by atoms with Crippen LogP contribution in [0.25, 0.3) is 0 Å². The summed E-state index contributed by atoms with van der Waals surface area (Å²) in [5.74, 6) is -0.0894. The fraction of sp³-hybridized carbons (Fsp3) is 0.615. The highest BCUT2D eigenvalue weighted by Crippen LogP contribution is 2.38. The monoisotopic (exact) mass is 297 g/mol. The Morgan fingerprint density at radius 3 is 2.47 bits per heavy atom. The molecule has 0 radical (unpaired) electrons. The maximum atomic E-state index is 12.5. The summed E-state index contributed by atoms with van der Waals surface area (Å²) >= 11 is 6.64. The van der Waals surface area contributed by atoms with Gasteiger partial charge in [0.15, 0.2) is 5.13 Å². The molecule has 1 heterocycles. The predicted molar refractivity (Wildman–Crippen MR) is 82.5 cm³/mol. The van der Waals surface area contributed by atoms with Gasteiger partial charge < -0.3 is 11.1 Å². The van der Waals surface area contributed by atoms with Crippen LogP contribution in [0.2, 0.25) is 0 Å². The molecule has 0 atom stereocenters. The number of aromatic nitrogens is 1. The zero-order valence-electron chi connectivity index (χ0n) is 11.3. The Morgan fingerprint density at radius 1 is 1.37 bits per heavy atom. The van der Waals surface area contributed by atoms with Gasteiger partial charge in [-0.3, -0.25) is 4.79 Å². The van der Waals surface area contributed by atoms with Crippen molar-refractivity contribution >= 4 is 39.6 Å². The molecule has 104 valence electrons. The van der Waals surface area contributed by atoms with Crippen LogP contribution in [0.1, 0.15) is 42.7 Å². The molecule has 1 amide bonds. The molecule has 0 saturated heterocycles. The lowest BCUT2D eigenvalue weighted by atomic mass is 9.73. The Morgan fingerprint density at radius 2 is 2.00 bits per heavy atom. The third-order valence-electron chi connectivity index (χ3n) is 3.86. The molecule has 0 aliphatic heterocycles.